The van der Waals surface area contributed by atoms with Crippen molar-refractivity contribution in [1.29, 1.82) is 0 Å². The van der Waals surface area contributed by atoms with Crippen LogP contribution >= 0.6 is 0 Å². The molecule has 2 aromatic carbocycles. The molecule has 2 N–H and O–H groups in total. The van der Waals surface area contributed by atoms with E-state index >= 15 is 0 Å². The number of esters is 1. The third-order valence-electron chi connectivity index (χ3n) is 5.23. The van der Waals surface area contributed by atoms with E-state index in [2.05, 4.69) is 17.6 Å². The van der Waals surface area contributed by atoms with Crippen molar-refractivity contribution in [2.24, 2.45) is 5.92 Å². The van der Waals surface area contributed by atoms with Gasteiger partial charge in [-0.15, -0.1) is 0 Å². The van der Waals surface area contributed by atoms with Crippen molar-refractivity contribution in [1.82, 2.24) is 5.32 Å². The summed E-state index contributed by atoms with van der Waals surface area (Å²) in [5.74, 6) is -0.741. The van der Waals surface area contributed by atoms with Crippen LogP contribution in [-0.2, 0) is 14.3 Å². The average Bonchev–Trinajstić information content (AvgIpc) is 2.87. The molecule has 0 fully saturated rings. The van der Waals surface area contributed by atoms with Crippen molar-refractivity contribution in [3.8, 4) is 5.75 Å². The molecule has 0 unspecified atom stereocenters. The van der Waals surface area contributed by atoms with Crippen LogP contribution in [0.1, 0.15) is 73.6 Å². The van der Waals surface area contributed by atoms with Gasteiger partial charge in [-0.25, -0.2) is 0 Å². The highest BCUT2D eigenvalue weighted by molar-refractivity contribution is 6.04. The van der Waals surface area contributed by atoms with Crippen molar-refractivity contribution >= 4 is 29.3 Å². The van der Waals surface area contributed by atoms with Gasteiger partial charge >= 0.3 is 5.97 Å². The zero-order valence-electron chi connectivity index (χ0n) is 21.3. The number of Topliss-reactive ketones (excluding diaryl/α,β-unsaturated/α-hetero) is 1. The third kappa shape index (κ3) is 10.3. The largest absolute Gasteiger partial charge is 0.494 e. The van der Waals surface area contributed by atoms with Crippen LogP contribution in [0.3, 0.4) is 0 Å². The van der Waals surface area contributed by atoms with Gasteiger partial charge in [0.05, 0.1) is 24.3 Å². The lowest BCUT2D eigenvalue weighted by atomic mass is 10.1. The van der Waals surface area contributed by atoms with Crippen LogP contribution < -0.4 is 15.4 Å². The first kappa shape index (κ1) is 28.6. The fourth-order valence-corrected chi connectivity index (χ4v) is 3.23. The van der Waals surface area contributed by atoms with E-state index < -0.39 is 18.5 Å². The van der Waals surface area contributed by atoms with E-state index in [1.165, 1.54) is 0 Å². The van der Waals surface area contributed by atoms with E-state index in [1.54, 1.807) is 48.5 Å². The molecule has 0 bridgehead atoms. The lowest BCUT2D eigenvalue weighted by molar-refractivity contribution is -0.147. The summed E-state index contributed by atoms with van der Waals surface area (Å²) in [5, 5.41) is 5.40. The molecule has 8 heteroatoms. The summed E-state index contributed by atoms with van der Waals surface area (Å²) in [6.07, 6.45) is 3.04. The third-order valence-corrected chi connectivity index (χ3v) is 5.23. The molecule has 0 aliphatic carbocycles. The molecule has 0 saturated heterocycles. The molecular formula is C28H36N2O6. The molecule has 0 radical (unpaired) electrons. The van der Waals surface area contributed by atoms with Crippen LogP contribution in [0.4, 0.5) is 5.69 Å². The number of ketones is 1. The maximum absolute atomic E-state index is 12.4. The van der Waals surface area contributed by atoms with Gasteiger partial charge < -0.3 is 20.1 Å². The first-order valence-corrected chi connectivity index (χ1v) is 12.4. The van der Waals surface area contributed by atoms with Crippen LogP contribution in [0.25, 0.3) is 0 Å². The highest BCUT2D eigenvalue weighted by atomic mass is 16.5. The number of rotatable bonds is 15. The number of amides is 2. The maximum atomic E-state index is 12.4. The van der Waals surface area contributed by atoms with Crippen LogP contribution in [0.15, 0.2) is 48.5 Å². The van der Waals surface area contributed by atoms with Crippen molar-refractivity contribution in [3.63, 3.8) is 0 Å². The topological polar surface area (TPSA) is 111 Å². The van der Waals surface area contributed by atoms with Crippen LogP contribution in [0.2, 0.25) is 0 Å². The van der Waals surface area contributed by atoms with E-state index in [1.807, 2.05) is 13.8 Å². The Hall–Kier alpha value is -3.68. The normalized spacial score (nSPS) is 10.6. The molecule has 0 aromatic heterocycles. The Balaban J connectivity index is 1.75. The highest BCUT2D eigenvalue weighted by Gasteiger charge is 2.15. The second kappa shape index (κ2) is 15.3. The standard InChI is InChI=1S/C28H36N2O6/c1-4-5-8-17-35-22-13-11-21(12-14-22)25(31)15-16-27(33)36-19-26(32)30-24-10-7-6-9-23(24)28(34)29-18-20(2)3/h6-7,9-14,20H,4-5,8,15-19H2,1-3H3,(H,29,34)(H,30,32). The molecule has 2 rings (SSSR count). The minimum atomic E-state index is -0.655. The molecule has 36 heavy (non-hydrogen) atoms. The van der Waals surface area contributed by atoms with E-state index in [0.717, 1.165) is 19.3 Å². The molecule has 8 nitrogen and oxygen atoms in total. The number of unbranched alkanes of at least 4 members (excludes halogenated alkanes) is 2. The number of ether oxygens (including phenoxy) is 2. The first-order valence-electron chi connectivity index (χ1n) is 12.4. The molecule has 0 aliphatic rings. The predicted molar refractivity (Wildman–Crippen MR) is 138 cm³/mol. The van der Waals surface area contributed by atoms with E-state index in [4.69, 9.17) is 9.47 Å². The average molecular weight is 497 g/mol. The van der Waals surface area contributed by atoms with Gasteiger partial charge in [-0.2, -0.15) is 0 Å². The predicted octanol–water partition coefficient (Wildman–Crippen LogP) is 4.79. The van der Waals surface area contributed by atoms with Gasteiger partial charge in [0.15, 0.2) is 12.4 Å². The van der Waals surface area contributed by atoms with Crippen molar-refractivity contribution < 1.29 is 28.7 Å². The minimum Gasteiger partial charge on any atom is -0.494 e. The van der Waals surface area contributed by atoms with Gasteiger partial charge in [0, 0.05) is 18.5 Å². The second-order valence-corrected chi connectivity index (χ2v) is 8.86. The Morgan fingerprint density at radius 3 is 2.33 bits per heavy atom. The molecule has 0 spiro atoms. The lowest BCUT2D eigenvalue weighted by Crippen LogP contribution is -2.29. The zero-order valence-corrected chi connectivity index (χ0v) is 21.3. The number of carbonyl (C=O) groups is 4. The van der Waals surface area contributed by atoms with Crippen molar-refractivity contribution in [3.05, 3.63) is 59.7 Å². The molecule has 2 aromatic rings. The fourth-order valence-electron chi connectivity index (χ4n) is 3.23. The number of benzene rings is 2. The molecule has 2 amide bonds. The summed E-state index contributed by atoms with van der Waals surface area (Å²) in [6.45, 7) is 6.72. The van der Waals surface area contributed by atoms with Crippen molar-refractivity contribution in [2.45, 2.75) is 52.9 Å². The summed E-state index contributed by atoms with van der Waals surface area (Å²) in [4.78, 5) is 49.1. The van der Waals surface area contributed by atoms with Gasteiger partial charge in [-0.3, -0.25) is 19.2 Å². The molecular weight excluding hydrogens is 460 g/mol. The SMILES string of the molecule is CCCCCOc1ccc(C(=O)CCC(=O)OCC(=O)Nc2ccccc2C(=O)NCC(C)C)cc1. The molecule has 0 saturated carbocycles. The molecule has 0 atom stereocenters. The molecule has 194 valence electrons. The van der Waals surface area contributed by atoms with E-state index in [0.29, 0.717) is 35.7 Å². The zero-order chi connectivity index (χ0) is 26.3. The quantitative estimate of drug-likeness (QED) is 0.208. The maximum Gasteiger partial charge on any atom is 0.306 e. The van der Waals surface area contributed by atoms with E-state index in [9.17, 15) is 19.2 Å². The second-order valence-electron chi connectivity index (χ2n) is 8.86. The van der Waals surface area contributed by atoms with Gasteiger partial charge in [0.2, 0.25) is 0 Å². The van der Waals surface area contributed by atoms with Crippen LogP contribution in [-0.4, -0.2) is 43.3 Å². The summed E-state index contributed by atoms with van der Waals surface area (Å²) in [5.41, 5.74) is 1.13. The molecule has 0 heterocycles. The Kier molecular flexibility index (Phi) is 12.2. The smallest absolute Gasteiger partial charge is 0.306 e. The van der Waals surface area contributed by atoms with Gasteiger partial charge in [0.25, 0.3) is 11.8 Å². The summed E-state index contributed by atoms with van der Waals surface area (Å²) >= 11 is 0. The summed E-state index contributed by atoms with van der Waals surface area (Å²) in [6, 6.07) is 13.4. The Labute approximate surface area is 212 Å². The molecule has 0 aliphatic heterocycles. The van der Waals surface area contributed by atoms with E-state index in [-0.39, 0.29) is 30.4 Å². The summed E-state index contributed by atoms with van der Waals surface area (Å²) in [7, 11) is 0. The number of anilines is 1. The van der Waals surface area contributed by atoms with Gasteiger partial charge in [-0.05, 0) is 48.7 Å². The Morgan fingerprint density at radius 1 is 0.917 bits per heavy atom. The number of hydrogen-bond acceptors (Lipinski definition) is 6. The monoisotopic (exact) mass is 496 g/mol. The highest BCUT2D eigenvalue weighted by Crippen LogP contribution is 2.16. The Morgan fingerprint density at radius 2 is 1.64 bits per heavy atom. The number of hydrogen-bond donors (Lipinski definition) is 2. The van der Waals surface area contributed by atoms with Crippen LogP contribution in [0, 0.1) is 5.92 Å². The summed E-state index contributed by atoms with van der Waals surface area (Å²) < 4.78 is 10.6. The van der Waals surface area contributed by atoms with Crippen LogP contribution in [0.5, 0.6) is 5.75 Å². The Bertz CT molecular complexity index is 1020. The first-order chi connectivity index (χ1) is 17.3. The van der Waals surface area contributed by atoms with Gasteiger partial charge in [-0.1, -0.05) is 45.7 Å². The fraction of sp³-hybridized carbons (Fsp3) is 0.429. The lowest BCUT2D eigenvalue weighted by Gasteiger charge is -2.12. The van der Waals surface area contributed by atoms with Gasteiger partial charge in [0.1, 0.15) is 5.75 Å². The number of para-hydroxylation sites is 1. The van der Waals surface area contributed by atoms with Crippen molar-refractivity contribution in [2.75, 3.05) is 25.1 Å². The number of carbonyl (C=O) groups excluding carboxylic acids is 4. The minimum absolute atomic E-state index is 0.0317. The number of nitrogens with one attached hydrogen (secondary N) is 2.